The van der Waals surface area contributed by atoms with Crippen LogP contribution in [-0.2, 0) is 4.74 Å². The van der Waals surface area contributed by atoms with E-state index in [1.54, 1.807) is 19.2 Å². The number of amides is 1. The number of ether oxygens (including phenoxy) is 2. The maximum Gasteiger partial charge on any atom is 0.356 e. The Labute approximate surface area is 140 Å². The van der Waals surface area contributed by atoms with Gasteiger partial charge in [-0.2, -0.15) is 0 Å². The number of nitrogens with one attached hydrogen (secondary N) is 1. The molecule has 0 aliphatic carbocycles. The van der Waals surface area contributed by atoms with Gasteiger partial charge in [0.1, 0.15) is 17.1 Å². The van der Waals surface area contributed by atoms with Crippen molar-refractivity contribution in [2.24, 2.45) is 0 Å². The molecule has 1 N–H and O–H groups in total. The van der Waals surface area contributed by atoms with Gasteiger partial charge >= 0.3 is 5.97 Å². The zero-order chi connectivity index (χ0) is 17.5. The summed E-state index contributed by atoms with van der Waals surface area (Å²) in [5.74, 6) is -0.164. The van der Waals surface area contributed by atoms with Crippen molar-refractivity contribution < 1.29 is 19.1 Å². The van der Waals surface area contributed by atoms with Crippen LogP contribution in [-0.4, -0.2) is 31.1 Å². The average molecular weight is 328 g/mol. The Morgan fingerprint density at radius 3 is 2.33 bits per heavy atom. The Bertz CT molecular complexity index is 713. The Kier molecular flexibility index (Phi) is 5.89. The Hall–Kier alpha value is -2.89. The van der Waals surface area contributed by atoms with E-state index in [9.17, 15) is 9.59 Å². The summed E-state index contributed by atoms with van der Waals surface area (Å²) in [6, 6.07) is 12.0. The third-order valence-electron chi connectivity index (χ3n) is 3.61. The first kappa shape index (κ1) is 17.5. The molecule has 0 fully saturated rings. The highest BCUT2D eigenvalue weighted by molar-refractivity contribution is 5.94. The lowest BCUT2D eigenvalue weighted by atomic mass is 10.0. The van der Waals surface area contributed by atoms with E-state index in [1.165, 1.54) is 13.2 Å². The van der Waals surface area contributed by atoms with Crippen molar-refractivity contribution in [1.82, 2.24) is 10.3 Å². The second-order valence-corrected chi connectivity index (χ2v) is 5.11. The predicted molar refractivity (Wildman–Crippen MR) is 89.1 cm³/mol. The van der Waals surface area contributed by atoms with Gasteiger partial charge in [-0.1, -0.05) is 25.1 Å². The monoisotopic (exact) mass is 328 g/mol. The smallest absolute Gasteiger partial charge is 0.356 e. The second-order valence-electron chi connectivity index (χ2n) is 5.11. The number of hydrogen-bond acceptors (Lipinski definition) is 5. The number of carbonyl (C=O) groups excluding carboxylic acids is 2. The Morgan fingerprint density at radius 2 is 1.75 bits per heavy atom. The van der Waals surface area contributed by atoms with Gasteiger partial charge in [-0.05, 0) is 36.2 Å². The molecule has 2 rings (SSSR count). The Balaban J connectivity index is 2.15. The van der Waals surface area contributed by atoms with E-state index in [4.69, 9.17) is 4.74 Å². The van der Waals surface area contributed by atoms with Crippen LogP contribution in [0.5, 0.6) is 5.75 Å². The molecule has 2 aromatic rings. The zero-order valence-electron chi connectivity index (χ0n) is 13.9. The first-order valence-electron chi connectivity index (χ1n) is 7.59. The van der Waals surface area contributed by atoms with E-state index >= 15 is 0 Å². The molecule has 1 atom stereocenters. The van der Waals surface area contributed by atoms with E-state index in [2.05, 4.69) is 15.0 Å². The van der Waals surface area contributed by atoms with Crippen molar-refractivity contribution in [3.63, 3.8) is 0 Å². The highest BCUT2D eigenvalue weighted by atomic mass is 16.5. The van der Waals surface area contributed by atoms with Crippen LogP contribution >= 0.6 is 0 Å². The van der Waals surface area contributed by atoms with E-state index in [0.717, 1.165) is 17.7 Å². The molecule has 0 aliphatic rings. The summed E-state index contributed by atoms with van der Waals surface area (Å²) in [6.07, 6.45) is 0.717. The Morgan fingerprint density at radius 1 is 1.08 bits per heavy atom. The summed E-state index contributed by atoms with van der Waals surface area (Å²) < 4.78 is 9.76. The van der Waals surface area contributed by atoms with Gasteiger partial charge in [0, 0.05) is 0 Å². The molecule has 6 nitrogen and oxygen atoms in total. The molecule has 24 heavy (non-hydrogen) atoms. The second kappa shape index (κ2) is 8.10. The van der Waals surface area contributed by atoms with Crippen molar-refractivity contribution in [3.8, 4) is 5.75 Å². The maximum absolute atomic E-state index is 12.4. The molecule has 0 spiro atoms. The first-order valence-corrected chi connectivity index (χ1v) is 7.59. The SMILES string of the molecule is CC[C@H](NC(=O)c1cccc(C(=O)OC)n1)c1ccc(OC)cc1. The minimum atomic E-state index is -0.577. The minimum Gasteiger partial charge on any atom is -0.497 e. The van der Waals surface area contributed by atoms with Gasteiger partial charge < -0.3 is 14.8 Å². The fourth-order valence-corrected chi connectivity index (χ4v) is 2.27. The molecule has 1 heterocycles. The van der Waals surface area contributed by atoms with Crippen LogP contribution in [0.25, 0.3) is 0 Å². The van der Waals surface area contributed by atoms with Gasteiger partial charge in [0.25, 0.3) is 5.91 Å². The lowest BCUT2D eigenvalue weighted by molar-refractivity contribution is 0.0594. The van der Waals surface area contributed by atoms with Gasteiger partial charge in [0.2, 0.25) is 0 Å². The summed E-state index contributed by atoms with van der Waals surface area (Å²) in [5, 5.41) is 2.93. The number of rotatable bonds is 6. The molecule has 6 heteroatoms. The van der Waals surface area contributed by atoms with Crippen molar-refractivity contribution >= 4 is 11.9 Å². The summed E-state index contributed by atoms with van der Waals surface area (Å²) >= 11 is 0. The van der Waals surface area contributed by atoms with Crippen LogP contribution < -0.4 is 10.1 Å². The predicted octanol–water partition coefficient (Wildman–Crippen LogP) is 2.76. The van der Waals surface area contributed by atoms with E-state index in [1.807, 2.05) is 31.2 Å². The topological polar surface area (TPSA) is 77.5 Å². The molecular formula is C18H20N2O4. The number of benzene rings is 1. The van der Waals surface area contributed by atoms with Crippen LogP contribution in [0.15, 0.2) is 42.5 Å². The summed E-state index contributed by atoms with van der Waals surface area (Å²) in [4.78, 5) is 28.0. The number of carbonyl (C=O) groups is 2. The standard InChI is InChI=1S/C18H20N2O4/c1-4-14(12-8-10-13(23-2)11-9-12)20-17(21)15-6-5-7-16(19-15)18(22)24-3/h5-11,14H,4H2,1-3H3,(H,20,21)/t14-/m0/s1. The average Bonchev–Trinajstić information content (AvgIpc) is 2.65. The largest absolute Gasteiger partial charge is 0.497 e. The van der Waals surface area contributed by atoms with Crippen LogP contribution in [0.3, 0.4) is 0 Å². The van der Waals surface area contributed by atoms with Crippen LogP contribution in [0.4, 0.5) is 0 Å². The van der Waals surface area contributed by atoms with E-state index in [-0.39, 0.29) is 23.3 Å². The van der Waals surface area contributed by atoms with Crippen LogP contribution in [0.1, 0.15) is 45.9 Å². The molecule has 1 amide bonds. The molecule has 0 aliphatic heterocycles. The van der Waals surface area contributed by atoms with Gasteiger partial charge in [-0.15, -0.1) is 0 Å². The molecule has 0 bridgehead atoms. The fourth-order valence-electron chi connectivity index (χ4n) is 2.27. The number of nitrogens with zero attached hydrogens (tertiary/aromatic N) is 1. The molecule has 1 aromatic heterocycles. The number of methoxy groups -OCH3 is 2. The molecular weight excluding hydrogens is 308 g/mol. The van der Waals surface area contributed by atoms with E-state index in [0.29, 0.717) is 0 Å². The molecule has 1 aromatic carbocycles. The third-order valence-corrected chi connectivity index (χ3v) is 3.61. The maximum atomic E-state index is 12.4. The lowest BCUT2D eigenvalue weighted by Crippen LogP contribution is -2.29. The molecule has 0 radical (unpaired) electrons. The first-order chi connectivity index (χ1) is 11.6. The fraction of sp³-hybridized carbons (Fsp3) is 0.278. The van der Waals surface area contributed by atoms with Crippen LogP contribution in [0.2, 0.25) is 0 Å². The van der Waals surface area contributed by atoms with Crippen molar-refractivity contribution in [1.29, 1.82) is 0 Å². The highest BCUT2D eigenvalue weighted by Gasteiger charge is 2.17. The van der Waals surface area contributed by atoms with Crippen molar-refractivity contribution in [2.75, 3.05) is 14.2 Å². The molecule has 0 saturated carbocycles. The minimum absolute atomic E-state index is 0.0997. The van der Waals surface area contributed by atoms with Crippen LogP contribution in [0, 0.1) is 0 Å². The number of pyridine rings is 1. The summed E-state index contributed by atoms with van der Waals surface area (Å²) in [5.41, 5.74) is 1.24. The van der Waals surface area contributed by atoms with Gasteiger partial charge in [-0.3, -0.25) is 4.79 Å². The molecule has 0 saturated heterocycles. The highest BCUT2D eigenvalue weighted by Crippen LogP contribution is 2.20. The quantitative estimate of drug-likeness (QED) is 0.825. The van der Waals surface area contributed by atoms with Gasteiger partial charge in [-0.25, -0.2) is 9.78 Å². The summed E-state index contributed by atoms with van der Waals surface area (Å²) in [7, 11) is 2.88. The normalized spacial score (nSPS) is 11.5. The third kappa shape index (κ3) is 4.10. The number of aromatic nitrogens is 1. The molecule has 0 unspecified atom stereocenters. The van der Waals surface area contributed by atoms with Crippen molar-refractivity contribution in [3.05, 3.63) is 59.4 Å². The van der Waals surface area contributed by atoms with Gasteiger partial charge in [0.15, 0.2) is 0 Å². The number of hydrogen-bond donors (Lipinski definition) is 1. The zero-order valence-corrected chi connectivity index (χ0v) is 13.9. The van der Waals surface area contributed by atoms with E-state index < -0.39 is 5.97 Å². The lowest BCUT2D eigenvalue weighted by Gasteiger charge is -2.17. The van der Waals surface area contributed by atoms with Gasteiger partial charge in [0.05, 0.1) is 20.3 Å². The summed E-state index contributed by atoms with van der Waals surface area (Å²) in [6.45, 7) is 1.98. The molecule has 126 valence electrons. The number of esters is 1. The van der Waals surface area contributed by atoms with Crippen molar-refractivity contribution in [2.45, 2.75) is 19.4 Å².